The molecule has 0 saturated carbocycles. The third-order valence-corrected chi connectivity index (χ3v) is 2.91. The van der Waals surface area contributed by atoms with Crippen LogP contribution in [0.3, 0.4) is 0 Å². The van der Waals surface area contributed by atoms with E-state index in [1.807, 2.05) is 31.2 Å². The minimum absolute atomic E-state index is 0.135. The average molecular weight is 242 g/mol. The molecule has 3 heteroatoms. The largest absolute Gasteiger partial charge is 0.394 e. The van der Waals surface area contributed by atoms with Crippen LogP contribution in [0.15, 0.2) is 24.3 Å². The maximum atomic E-state index is 9.44. The van der Waals surface area contributed by atoms with Crippen LogP contribution in [0.2, 0.25) is 5.02 Å². The van der Waals surface area contributed by atoms with Crippen molar-refractivity contribution in [3.05, 3.63) is 34.9 Å². The lowest BCUT2D eigenvalue weighted by Crippen LogP contribution is -2.47. The highest BCUT2D eigenvalue weighted by atomic mass is 35.5. The van der Waals surface area contributed by atoms with Crippen LogP contribution in [0.25, 0.3) is 0 Å². The van der Waals surface area contributed by atoms with Crippen molar-refractivity contribution in [3.63, 3.8) is 0 Å². The Hall–Kier alpha value is -0.570. The van der Waals surface area contributed by atoms with Gasteiger partial charge in [0.2, 0.25) is 0 Å². The maximum absolute atomic E-state index is 9.44. The van der Waals surface area contributed by atoms with E-state index >= 15 is 0 Å². The number of halogens is 1. The summed E-state index contributed by atoms with van der Waals surface area (Å²) < 4.78 is 0. The maximum Gasteiger partial charge on any atom is 0.0613 e. The summed E-state index contributed by atoms with van der Waals surface area (Å²) in [5.74, 6) is 0. The molecule has 90 valence electrons. The lowest BCUT2D eigenvalue weighted by atomic mass is 9.93. The Balaban J connectivity index is 2.64. The molecule has 0 aliphatic carbocycles. The van der Waals surface area contributed by atoms with Gasteiger partial charge in [0.1, 0.15) is 0 Å². The van der Waals surface area contributed by atoms with Gasteiger partial charge in [-0.25, -0.2) is 0 Å². The molecule has 0 radical (unpaired) electrons. The van der Waals surface area contributed by atoms with Gasteiger partial charge in [-0.1, -0.05) is 30.7 Å². The Morgan fingerprint density at radius 3 is 2.44 bits per heavy atom. The minimum atomic E-state index is -0.246. The first kappa shape index (κ1) is 13.5. The highest BCUT2D eigenvalue weighted by molar-refractivity contribution is 6.30. The second-order valence-corrected chi connectivity index (χ2v) is 4.89. The molecule has 0 spiro atoms. The van der Waals surface area contributed by atoms with Crippen LogP contribution in [0.1, 0.15) is 25.8 Å². The van der Waals surface area contributed by atoms with Crippen LogP contribution < -0.4 is 5.32 Å². The zero-order valence-electron chi connectivity index (χ0n) is 9.96. The first-order valence-corrected chi connectivity index (χ1v) is 6.08. The topological polar surface area (TPSA) is 32.3 Å². The summed E-state index contributed by atoms with van der Waals surface area (Å²) in [5.41, 5.74) is 0.939. The van der Waals surface area contributed by atoms with Crippen LogP contribution in [-0.2, 0) is 6.42 Å². The molecule has 1 atom stereocenters. The van der Waals surface area contributed by atoms with E-state index in [0.29, 0.717) is 0 Å². The van der Waals surface area contributed by atoms with Gasteiger partial charge >= 0.3 is 0 Å². The number of benzene rings is 1. The van der Waals surface area contributed by atoms with Crippen molar-refractivity contribution >= 4 is 11.6 Å². The van der Waals surface area contributed by atoms with Gasteiger partial charge in [0.05, 0.1) is 6.61 Å². The third-order valence-electron chi connectivity index (χ3n) is 2.66. The van der Waals surface area contributed by atoms with Gasteiger partial charge < -0.3 is 10.4 Å². The molecule has 2 N–H and O–H groups in total. The predicted octanol–water partition coefficient (Wildman–Crippen LogP) is 2.63. The summed E-state index contributed by atoms with van der Waals surface area (Å²) in [6, 6.07) is 7.77. The van der Waals surface area contributed by atoms with E-state index in [9.17, 15) is 5.11 Å². The molecule has 0 fully saturated rings. The lowest BCUT2D eigenvalue weighted by molar-refractivity contribution is 0.174. The van der Waals surface area contributed by atoms with Crippen molar-refractivity contribution in [2.45, 2.75) is 32.2 Å². The Labute approximate surface area is 103 Å². The molecule has 2 nitrogen and oxygen atoms in total. The predicted molar refractivity (Wildman–Crippen MR) is 68.9 cm³/mol. The number of rotatable bonds is 6. The van der Waals surface area contributed by atoms with Crippen LogP contribution in [0.5, 0.6) is 0 Å². The molecule has 1 rings (SSSR count). The zero-order chi connectivity index (χ0) is 12.0. The molecule has 0 aromatic heterocycles. The van der Waals surface area contributed by atoms with Gasteiger partial charge in [-0.05, 0) is 44.0 Å². The van der Waals surface area contributed by atoms with Gasteiger partial charge in [0.15, 0.2) is 0 Å². The summed E-state index contributed by atoms with van der Waals surface area (Å²) >= 11 is 5.84. The monoisotopic (exact) mass is 241 g/mol. The molecule has 16 heavy (non-hydrogen) atoms. The number of hydrogen-bond donors (Lipinski definition) is 2. The van der Waals surface area contributed by atoms with Crippen molar-refractivity contribution in [2.75, 3.05) is 13.2 Å². The lowest BCUT2D eigenvalue weighted by Gasteiger charge is -2.29. The Bertz CT molecular complexity index is 312. The van der Waals surface area contributed by atoms with Crippen molar-refractivity contribution in [1.29, 1.82) is 0 Å². The van der Waals surface area contributed by atoms with Crippen molar-refractivity contribution in [2.24, 2.45) is 0 Å². The highest BCUT2D eigenvalue weighted by Gasteiger charge is 2.22. The smallest absolute Gasteiger partial charge is 0.0613 e. The van der Waals surface area contributed by atoms with Crippen molar-refractivity contribution < 1.29 is 5.11 Å². The first-order valence-electron chi connectivity index (χ1n) is 5.70. The van der Waals surface area contributed by atoms with E-state index in [1.165, 1.54) is 5.56 Å². The van der Waals surface area contributed by atoms with Gasteiger partial charge in [0.25, 0.3) is 0 Å². The van der Waals surface area contributed by atoms with Gasteiger partial charge in [0, 0.05) is 10.6 Å². The number of aliphatic hydroxyl groups is 1. The molecule has 1 aromatic rings. The molecule has 0 heterocycles. The fourth-order valence-electron chi connectivity index (χ4n) is 1.65. The molecule has 1 unspecified atom stereocenters. The van der Waals surface area contributed by atoms with Gasteiger partial charge in [-0.15, -0.1) is 0 Å². The Morgan fingerprint density at radius 1 is 1.31 bits per heavy atom. The highest BCUT2D eigenvalue weighted by Crippen LogP contribution is 2.15. The molecule has 0 amide bonds. The SMILES string of the molecule is CCCNC(C)(CO)Cc1ccc(Cl)cc1. The van der Waals surface area contributed by atoms with E-state index < -0.39 is 0 Å². The zero-order valence-corrected chi connectivity index (χ0v) is 10.7. The number of hydrogen-bond acceptors (Lipinski definition) is 2. The molecule has 0 saturated heterocycles. The summed E-state index contributed by atoms with van der Waals surface area (Å²) in [6.45, 7) is 5.21. The van der Waals surface area contributed by atoms with E-state index in [0.717, 1.165) is 24.4 Å². The van der Waals surface area contributed by atoms with Crippen molar-refractivity contribution in [3.8, 4) is 0 Å². The van der Waals surface area contributed by atoms with Gasteiger partial charge in [-0.3, -0.25) is 0 Å². The fourth-order valence-corrected chi connectivity index (χ4v) is 1.78. The van der Waals surface area contributed by atoms with E-state index in [1.54, 1.807) is 0 Å². The van der Waals surface area contributed by atoms with E-state index in [2.05, 4.69) is 12.2 Å². The summed E-state index contributed by atoms with van der Waals surface area (Å²) in [7, 11) is 0. The fraction of sp³-hybridized carbons (Fsp3) is 0.538. The summed E-state index contributed by atoms with van der Waals surface area (Å²) in [5, 5.41) is 13.6. The van der Waals surface area contributed by atoms with Gasteiger partial charge in [-0.2, -0.15) is 0 Å². The van der Waals surface area contributed by atoms with Crippen LogP contribution in [0.4, 0.5) is 0 Å². The van der Waals surface area contributed by atoms with Crippen molar-refractivity contribution in [1.82, 2.24) is 5.32 Å². The molecule has 0 aliphatic rings. The summed E-state index contributed by atoms with van der Waals surface area (Å²) in [6.07, 6.45) is 1.87. The molecule has 0 bridgehead atoms. The molecule has 1 aromatic carbocycles. The quantitative estimate of drug-likeness (QED) is 0.803. The molecular weight excluding hydrogens is 222 g/mol. The standard InChI is InChI=1S/C13H20ClNO/c1-3-8-15-13(2,10-16)9-11-4-6-12(14)7-5-11/h4-7,15-16H,3,8-10H2,1-2H3. The number of nitrogens with one attached hydrogen (secondary N) is 1. The second kappa shape index (κ2) is 6.24. The Kier molecular flexibility index (Phi) is 5.26. The molecular formula is C13H20ClNO. The Morgan fingerprint density at radius 2 is 1.94 bits per heavy atom. The minimum Gasteiger partial charge on any atom is -0.394 e. The average Bonchev–Trinajstić information content (AvgIpc) is 2.30. The van der Waals surface area contributed by atoms with Crippen LogP contribution in [0, 0.1) is 0 Å². The third kappa shape index (κ3) is 4.12. The number of aliphatic hydroxyl groups excluding tert-OH is 1. The molecule has 0 aliphatic heterocycles. The van der Waals surface area contributed by atoms with E-state index in [-0.39, 0.29) is 12.1 Å². The van der Waals surface area contributed by atoms with Crippen LogP contribution in [-0.4, -0.2) is 23.8 Å². The second-order valence-electron chi connectivity index (χ2n) is 4.45. The first-order chi connectivity index (χ1) is 7.59. The van der Waals surface area contributed by atoms with E-state index in [4.69, 9.17) is 11.6 Å². The van der Waals surface area contributed by atoms with Crippen LogP contribution >= 0.6 is 11.6 Å². The normalized spacial score (nSPS) is 14.8. The summed E-state index contributed by atoms with van der Waals surface area (Å²) in [4.78, 5) is 0.